The number of ether oxygens (including phenoxy) is 1. The van der Waals surface area contributed by atoms with E-state index >= 15 is 0 Å². The van der Waals surface area contributed by atoms with Crippen LogP contribution in [0.5, 0.6) is 0 Å². The second-order valence-electron chi connectivity index (χ2n) is 3.70. The molecule has 90 valence electrons. The molecule has 1 fully saturated rings. The Morgan fingerprint density at radius 2 is 2.12 bits per heavy atom. The van der Waals surface area contributed by atoms with E-state index < -0.39 is 6.09 Å². The third-order valence-corrected chi connectivity index (χ3v) is 2.50. The quantitative estimate of drug-likeness (QED) is 0.857. The van der Waals surface area contributed by atoms with Crippen LogP contribution in [0.2, 0.25) is 0 Å². The molecule has 1 N–H and O–H groups in total. The van der Waals surface area contributed by atoms with Crippen molar-refractivity contribution in [1.29, 1.82) is 0 Å². The van der Waals surface area contributed by atoms with Gasteiger partial charge in [0.1, 0.15) is 6.61 Å². The number of cyclic esters (lactones) is 1. The first-order valence-corrected chi connectivity index (χ1v) is 5.53. The molecule has 0 aromatic heterocycles. The molecule has 1 aliphatic heterocycles. The van der Waals surface area contributed by atoms with Gasteiger partial charge in [0.05, 0.1) is 6.54 Å². The summed E-state index contributed by atoms with van der Waals surface area (Å²) in [6, 6.07) is 9.61. The number of hydrogen-bond donors (Lipinski definition) is 1. The molecule has 5 nitrogen and oxygen atoms in total. The lowest BCUT2D eigenvalue weighted by molar-refractivity contribution is -0.127. The Balaban J connectivity index is 1.75. The van der Waals surface area contributed by atoms with Gasteiger partial charge in [0.15, 0.2) is 0 Å². The second-order valence-corrected chi connectivity index (χ2v) is 3.70. The van der Waals surface area contributed by atoms with E-state index in [0.29, 0.717) is 19.7 Å². The van der Waals surface area contributed by atoms with Crippen molar-refractivity contribution in [1.82, 2.24) is 4.90 Å². The van der Waals surface area contributed by atoms with Gasteiger partial charge in [0.25, 0.3) is 0 Å². The first-order chi connectivity index (χ1) is 8.27. The molecule has 1 aliphatic rings. The largest absolute Gasteiger partial charge is 0.447 e. The molecule has 0 saturated carbocycles. The van der Waals surface area contributed by atoms with Crippen molar-refractivity contribution in [2.24, 2.45) is 0 Å². The summed E-state index contributed by atoms with van der Waals surface area (Å²) in [6.07, 6.45) is -0.251. The van der Waals surface area contributed by atoms with Crippen molar-refractivity contribution in [3.63, 3.8) is 0 Å². The maximum atomic E-state index is 11.6. The highest BCUT2D eigenvalue weighted by atomic mass is 16.6. The molecular formula is C12H14N2O3. The zero-order valence-corrected chi connectivity index (χ0v) is 9.39. The van der Waals surface area contributed by atoms with Crippen LogP contribution in [0.1, 0.15) is 6.42 Å². The topological polar surface area (TPSA) is 58.6 Å². The summed E-state index contributed by atoms with van der Waals surface area (Å²) in [6.45, 7) is 1.17. The average Bonchev–Trinajstić information content (AvgIpc) is 2.77. The molecule has 0 bridgehead atoms. The van der Waals surface area contributed by atoms with Crippen molar-refractivity contribution in [2.75, 3.05) is 25.0 Å². The van der Waals surface area contributed by atoms with Crippen LogP contribution in [0.4, 0.5) is 10.5 Å². The monoisotopic (exact) mass is 234 g/mol. The molecule has 1 saturated heterocycles. The van der Waals surface area contributed by atoms with E-state index in [0.717, 1.165) is 10.6 Å². The van der Waals surface area contributed by atoms with E-state index in [1.165, 1.54) is 0 Å². The first-order valence-electron chi connectivity index (χ1n) is 5.53. The Bertz CT molecular complexity index is 405. The Labute approximate surface area is 99.4 Å². The van der Waals surface area contributed by atoms with Crippen LogP contribution in [-0.4, -0.2) is 36.6 Å². The SMILES string of the molecule is O=C(CCNc1ccccc1)N1CCOC1=O. The number of nitrogens with zero attached hydrogens (tertiary/aromatic N) is 1. The summed E-state index contributed by atoms with van der Waals surface area (Å²) >= 11 is 0. The maximum absolute atomic E-state index is 11.6. The van der Waals surface area contributed by atoms with E-state index in [2.05, 4.69) is 5.32 Å². The van der Waals surface area contributed by atoms with Gasteiger partial charge < -0.3 is 10.1 Å². The maximum Gasteiger partial charge on any atom is 0.416 e. The number of carbonyl (C=O) groups is 2. The lowest BCUT2D eigenvalue weighted by atomic mass is 10.3. The zero-order valence-electron chi connectivity index (χ0n) is 9.39. The smallest absolute Gasteiger partial charge is 0.416 e. The standard InChI is InChI=1S/C12H14N2O3/c15-11(14-8-9-17-12(14)16)6-7-13-10-4-2-1-3-5-10/h1-5,13H,6-9H2. The number of amides is 2. The number of rotatable bonds is 4. The zero-order chi connectivity index (χ0) is 12.1. The van der Waals surface area contributed by atoms with E-state index in [4.69, 9.17) is 4.74 Å². The fourth-order valence-electron chi connectivity index (χ4n) is 1.62. The first kappa shape index (κ1) is 11.4. The van der Waals surface area contributed by atoms with Crippen molar-refractivity contribution in [3.8, 4) is 0 Å². The molecule has 0 aliphatic carbocycles. The molecule has 2 amide bonds. The van der Waals surface area contributed by atoms with E-state index in [1.807, 2.05) is 30.3 Å². The van der Waals surface area contributed by atoms with Crippen LogP contribution in [0.3, 0.4) is 0 Å². The lowest BCUT2D eigenvalue weighted by Gasteiger charge is -2.11. The van der Waals surface area contributed by atoms with Crippen LogP contribution < -0.4 is 5.32 Å². The average molecular weight is 234 g/mol. The van der Waals surface area contributed by atoms with Gasteiger partial charge in [-0.25, -0.2) is 9.69 Å². The van der Waals surface area contributed by atoms with E-state index in [9.17, 15) is 9.59 Å². The number of para-hydroxylation sites is 1. The lowest BCUT2D eigenvalue weighted by Crippen LogP contribution is -2.32. The Morgan fingerprint density at radius 3 is 2.76 bits per heavy atom. The van der Waals surface area contributed by atoms with E-state index in [1.54, 1.807) is 0 Å². The molecule has 17 heavy (non-hydrogen) atoms. The van der Waals surface area contributed by atoms with Crippen LogP contribution in [0.25, 0.3) is 0 Å². The van der Waals surface area contributed by atoms with Crippen LogP contribution in [-0.2, 0) is 9.53 Å². The molecule has 0 radical (unpaired) electrons. The Hall–Kier alpha value is -2.04. The minimum atomic E-state index is -0.533. The summed E-state index contributed by atoms with van der Waals surface area (Å²) in [5, 5.41) is 3.11. The highest BCUT2D eigenvalue weighted by Crippen LogP contribution is 2.07. The summed E-state index contributed by atoms with van der Waals surface area (Å²) in [7, 11) is 0. The second kappa shape index (κ2) is 5.34. The van der Waals surface area contributed by atoms with Crippen molar-refractivity contribution in [2.45, 2.75) is 6.42 Å². The third kappa shape index (κ3) is 2.96. The molecule has 1 aromatic carbocycles. The van der Waals surface area contributed by atoms with Gasteiger partial charge in [0.2, 0.25) is 5.91 Å². The van der Waals surface area contributed by atoms with E-state index in [-0.39, 0.29) is 12.3 Å². The van der Waals surface area contributed by atoms with Crippen molar-refractivity contribution in [3.05, 3.63) is 30.3 Å². The van der Waals surface area contributed by atoms with Crippen molar-refractivity contribution < 1.29 is 14.3 Å². The predicted octanol–water partition coefficient (Wildman–Crippen LogP) is 1.47. The Morgan fingerprint density at radius 1 is 1.35 bits per heavy atom. The molecule has 1 aromatic rings. The number of benzene rings is 1. The molecule has 5 heteroatoms. The van der Waals surface area contributed by atoms with Gasteiger partial charge in [-0.3, -0.25) is 4.79 Å². The molecule has 1 heterocycles. The minimum Gasteiger partial charge on any atom is -0.447 e. The van der Waals surface area contributed by atoms with Gasteiger partial charge in [0, 0.05) is 18.7 Å². The highest BCUT2D eigenvalue weighted by molar-refractivity contribution is 5.93. The fraction of sp³-hybridized carbons (Fsp3) is 0.333. The highest BCUT2D eigenvalue weighted by Gasteiger charge is 2.27. The van der Waals surface area contributed by atoms with Gasteiger partial charge in [-0.15, -0.1) is 0 Å². The molecule has 0 unspecified atom stereocenters. The van der Waals surface area contributed by atoms with Crippen LogP contribution in [0, 0.1) is 0 Å². The third-order valence-electron chi connectivity index (χ3n) is 2.50. The predicted molar refractivity (Wildman–Crippen MR) is 62.6 cm³/mol. The van der Waals surface area contributed by atoms with Crippen LogP contribution in [0.15, 0.2) is 30.3 Å². The number of hydrogen-bond acceptors (Lipinski definition) is 4. The number of anilines is 1. The molecule has 0 atom stereocenters. The van der Waals surface area contributed by atoms with Gasteiger partial charge in [-0.1, -0.05) is 18.2 Å². The number of imide groups is 1. The molecule has 2 rings (SSSR count). The Kier molecular flexibility index (Phi) is 3.59. The van der Waals surface area contributed by atoms with Gasteiger partial charge >= 0.3 is 6.09 Å². The molecular weight excluding hydrogens is 220 g/mol. The van der Waals surface area contributed by atoms with Gasteiger partial charge in [-0.05, 0) is 12.1 Å². The summed E-state index contributed by atoms with van der Waals surface area (Å²) in [5.41, 5.74) is 0.962. The molecule has 0 spiro atoms. The fourth-order valence-corrected chi connectivity index (χ4v) is 1.62. The summed E-state index contributed by atoms with van der Waals surface area (Å²) in [5.74, 6) is -0.198. The number of nitrogens with one attached hydrogen (secondary N) is 1. The normalized spacial score (nSPS) is 14.6. The minimum absolute atomic E-state index is 0.198. The van der Waals surface area contributed by atoms with Gasteiger partial charge in [-0.2, -0.15) is 0 Å². The van der Waals surface area contributed by atoms with Crippen LogP contribution >= 0.6 is 0 Å². The van der Waals surface area contributed by atoms with Crippen molar-refractivity contribution >= 4 is 17.7 Å². The summed E-state index contributed by atoms with van der Waals surface area (Å²) < 4.78 is 4.70. The summed E-state index contributed by atoms with van der Waals surface area (Å²) in [4.78, 5) is 23.9. The number of carbonyl (C=O) groups excluding carboxylic acids is 2.